The van der Waals surface area contributed by atoms with Crippen LogP contribution in [0.5, 0.6) is 5.75 Å². The minimum absolute atomic E-state index is 0.0275. The van der Waals surface area contributed by atoms with Gasteiger partial charge in [-0.3, -0.25) is 9.69 Å². The van der Waals surface area contributed by atoms with Crippen molar-refractivity contribution in [3.8, 4) is 5.75 Å². The molecular weight excluding hydrogens is 482 g/mol. The average Bonchev–Trinajstić information content (AvgIpc) is 3.30. The molecule has 1 aromatic heterocycles. The number of amides is 1. The normalized spacial score (nSPS) is 21.9. The van der Waals surface area contributed by atoms with Gasteiger partial charge in [0.2, 0.25) is 0 Å². The lowest BCUT2D eigenvalue weighted by molar-refractivity contribution is 0.0465. The number of hydrogen-bond acceptors (Lipinski definition) is 9. The number of hydrogen-bond donors (Lipinski definition) is 0. The van der Waals surface area contributed by atoms with E-state index < -0.39 is 15.6 Å². The van der Waals surface area contributed by atoms with Crippen LogP contribution < -0.4 is 4.74 Å². The highest BCUT2D eigenvalue weighted by atomic mass is 32.2. The fourth-order valence-electron chi connectivity index (χ4n) is 5.49. The van der Waals surface area contributed by atoms with Crippen LogP contribution in [0, 0.1) is 13.8 Å². The Labute approximate surface area is 213 Å². The predicted molar refractivity (Wildman–Crippen MR) is 135 cm³/mol. The maximum Gasteiger partial charge on any atom is 0.316 e. The minimum atomic E-state index is -3.75. The highest BCUT2D eigenvalue weighted by Gasteiger charge is 2.34. The quantitative estimate of drug-likeness (QED) is 0.544. The lowest BCUT2D eigenvalue weighted by Crippen LogP contribution is -2.52. The second kappa shape index (κ2) is 10.9. The van der Waals surface area contributed by atoms with Crippen LogP contribution in [-0.4, -0.2) is 98.6 Å². The molecule has 1 aliphatic carbocycles. The van der Waals surface area contributed by atoms with Crippen LogP contribution in [0.3, 0.4) is 0 Å². The zero-order chi connectivity index (χ0) is 26.0. The minimum Gasteiger partial charge on any atom is -0.497 e. The van der Waals surface area contributed by atoms with Gasteiger partial charge in [0.25, 0.3) is 0 Å². The Bertz CT molecular complexity index is 1170. The topological polar surface area (TPSA) is 109 Å². The van der Waals surface area contributed by atoms with Gasteiger partial charge in [-0.15, -0.1) is 0 Å². The Kier molecular flexibility index (Phi) is 8.01. The molecule has 0 bridgehead atoms. The van der Waals surface area contributed by atoms with Crippen LogP contribution >= 0.6 is 0 Å². The lowest BCUT2D eigenvalue weighted by Gasteiger charge is -2.43. The van der Waals surface area contributed by atoms with E-state index >= 15 is 0 Å². The molecule has 11 heteroatoms. The van der Waals surface area contributed by atoms with E-state index in [9.17, 15) is 13.2 Å². The maximum absolute atomic E-state index is 13.1. The summed E-state index contributed by atoms with van der Waals surface area (Å²) in [6.45, 7) is 7.70. The van der Waals surface area contributed by atoms with Crippen LogP contribution in [0.4, 0.5) is 0 Å². The lowest BCUT2D eigenvalue weighted by atomic mass is 9.88. The SMILES string of the molecule is COc1cc(C)c(S(=O)(=O)Cc2noc(C(=O)N(C)[C@H]3CCC[C@@H](N4CCN(C)CC4)C3)n2)c(C)c1. The number of sulfone groups is 1. The molecule has 1 amide bonds. The molecule has 10 nitrogen and oxygen atoms in total. The Morgan fingerprint density at radius 1 is 1.17 bits per heavy atom. The number of rotatable bonds is 7. The summed E-state index contributed by atoms with van der Waals surface area (Å²) < 4.78 is 36.7. The first kappa shape index (κ1) is 26.6. The summed E-state index contributed by atoms with van der Waals surface area (Å²) >= 11 is 0. The number of aromatic nitrogens is 2. The van der Waals surface area contributed by atoms with E-state index in [0.717, 1.165) is 51.9 Å². The van der Waals surface area contributed by atoms with Crippen LogP contribution in [0.1, 0.15) is 53.3 Å². The number of piperazine rings is 1. The maximum atomic E-state index is 13.1. The van der Waals surface area contributed by atoms with Gasteiger partial charge in [-0.1, -0.05) is 5.16 Å². The van der Waals surface area contributed by atoms with Crippen molar-refractivity contribution in [3.05, 3.63) is 35.0 Å². The van der Waals surface area contributed by atoms with Crippen molar-refractivity contribution in [3.63, 3.8) is 0 Å². The van der Waals surface area contributed by atoms with Crippen molar-refractivity contribution in [2.75, 3.05) is 47.4 Å². The molecule has 2 fully saturated rings. The number of aryl methyl sites for hydroxylation is 2. The van der Waals surface area contributed by atoms with Gasteiger partial charge in [-0.25, -0.2) is 8.42 Å². The molecule has 2 atom stereocenters. The highest BCUT2D eigenvalue weighted by Crippen LogP contribution is 2.29. The summed E-state index contributed by atoms with van der Waals surface area (Å²) in [7, 11) is 1.71. The van der Waals surface area contributed by atoms with Crippen LogP contribution in [-0.2, 0) is 15.6 Å². The number of carbonyl (C=O) groups is 1. The second-order valence-electron chi connectivity index (χ2n) is 10.1. The molecule has 2 aliphatic rings. The van der Waals surface area contributed by atoms with Crippen molar-refractivity contribution < 1.29 is 22.5 Å². The van der Waals surface area contributed by atoms with Crippen molar-refractivity contribution in [2.45, 2.75) is 62.3 Å². The first-order chi connectivity index (χ1) is 17.1. The van der Waals surface area contributed by atoms with Crippen molar-refractivity contribution >= 4 is 15.7 Å². The Hall–Kier alpha value is -2.50. The largest absolute Gasteiger partial charge is 0.497 e. The molecule has 0 radical (unpaired) electrons. The number of ether oxygens (including phenoxy) is 1. The van der Waals surface area contributed by atoms with E-state index in [1.807, 2.05) is 0 Å². The third kappa shape index (κ3) is 5.73. The fraction of sp³-hybridized carbons (Fsp3) is 0.640. The van der Waals surface area contributed by atoms with E-state index in [1.165, 1.54) is 7.11 Å². The number of methoxy groups -OCH3 is 1. The Morgan fingerprint density at radius 2 is 1.83 bits per heavy atom. The van der Waals surface area contributed by atoms with E-state index in [2.05, 4.69) is 27.0 Å². The summed E-state index contributed by atoms with van der Waals surface area (Å²) in [4.78, 5) is 24.1. The molecule has 1 aliphatic heterocycles. The highest BCUT2D eigenvalue weighted by molar-refractivity contribution is 7.90. The average molecular weight is 520 g/mol. The number of likely N-dealkylation sites (N-methyl/N-ethyl adjacent to an activating group) is 1. The third-order valence-electron chi connectivity index (χ3n) is 7.49. The molecule has 1 saturated heterocycles. The van der Waals surface area contributed by atoms with Gasteiger partial charge in [0.15, 0.2) is 15.7 Å². The summed E-state index contributed by atoms with van der Waals surface area (Å²) in [5.74, 6) is -0.423. The molecule has 2 aromatic rings. The van der Waals surface area contributed by atoms with Crippen LogP contribution in [0.25, 0.3) is 0 Å². The van der Waals surface area contributed by atoms with Gasteiger partial charge < -0.3 is 19.1 Å². The molecule has 198 valence electrons. The molecule has 4 rings (SSSR count). The Morgan fingerprint density at radius 3 is 2.47 bits per heavy atom. The van der Waals surface area contributed by atoms with E-state index in [0.29, 0.717) is 22.9 Å². The standard InChI is InChI=1S/C25H37N5O5S/c1-17-13-21(34-5)14-18(2)23(17)36(32,33)16-22-26-24(35-27-22)25(31)29(4)19-7-6-8-20(15-19)30-11-9-28(3)10-12-30/h13-14,19-20H,6-12,15-16H2,1-5H3/t19-,20+/m0/s1. The van der Waals surface area contributed by atoms with Crippen molar-refractivity contribution in [1.29, 1.82) is 0 Å². The summed E-state index contributed by atoms with van der Waals surface area (Å²) in [5.41, 5.74) is 1.16. The van der Waals surface area contributed by atoms with Gasteiger partial charge in [-0.05, 0) is 69.8 Å². The number of nitrogens with zero attached hydrogens (tertiary/aromatic N) is 5. The van der Waals surface area contributed by atoms with Crippen molar-refractivity contribution in [2.24, 2.45) is 0 Å². The molecule has 2 heterocycles. The molecule has 0 spiro atoms. The summed E-state index contributed by atoms with van der Waals surface area (Å²) in [5, 5.41) is 3.81. The number of carbonyl (C=O) groups excluding carboxylic acids is 1. The fourth-order valence-corrected chi connectivity index (χ4v) is 7.19. The van der Waals surface area contributed by atoms with Crippen LogP contribution in [0.15, 0.2) is 21.6 Å². The molecule has 1 saturated carbocycles. The predicted octanol–water partition coefficient (Wildman–Crippen LogP) is 2.30. The van der Waals surface area contributed by atoms with Gasteiger partial charge in [0.05, 0.1) is 12.0 Å². The van der Waals surface area contributed by atoms with E-state index in [-0.39, 0.29) is 28.6 Å². The molecular formula is C25H37N5O5S. The first-order valence-corrected chi connectivity index (χ1v) is 14.1. The second-order valence-corrected chi connectivity index (χ2v) is 12.0. The molecule has 36 heavy (non-hydrogen) atoms. The van der Waals surface area contributed by atoms with Gasteiger partial charge in [-0.2, -0.15) is 4.98 Å². The molecule has 0 N–H and O–H groups in total. The zero-order valence-electron chi connectivity index (χ0n) is 21.9. The van der Waals surface area contributed by atoms with Gasteiger partial charge >= 0.3 is 11.8 Å². The third-order valence-corrected chi connectivity index (χ3v) is 9.40. The first-order valence-electron chi connectivity index (χ1n) is 12.5. The van der Waals surface area contributed by atoms with E-state index in [4.69, 9.17) is 9.26 Å². The monoisotopic (exact) mass is 519 g/mol. The summed E-state index contributed by atoms with van der Waals surface area (Å²) in [6, 6.07) is 3.91. The van der Waals surface area contributed by atoms with Crippen LogP contribution in [0.2, 0.25) is 0 Å². The van der Waals surface area contributed by atoms with Crippen molar-refractivity contribution in [1.82, 2.24) is 24.8 Å². The Balaban J connectivity index is 1.42. The molecule has 0 unspecified atom stereocenters. The number of benzene rings is 1. The van der Waals surface area contributed by atoms with E-state index in [1.54, 1.807) is 37.9 Å². The van der Waals surface area contributed by atoms with Gasteiger partial charge in [0, 0.05) is 45.3 Å². The van der Waals surface area contributed by atoms with Gasteiger partial charge in [0.1, 0.15) is 11.5 Å². The smallest absolute Gasteiger partial charge is 0.316 e. The summed E-state index contributed by atoms with van der Waals surface area (Å²) in [6.07, 6.45) is 4.05. The zero-order valence-corrected chi connectivity index (χ0v) is 22.7. The molecule has 1 aromatic carbocycles.